The van der Waals surface area contributed by atoms with Gasteiger partial charge in [0.25, 0.3) is 0 Å². The monoisotopic (exact) mass is 413 g/mol. The zero-order chi connectivity index (χ0) is 20.9. The first kappa shape index (κ1) is 18.6. The van der Waals surface area contributed by atoms with Gasteiger partial charge in [0.1, 0.15) is 0 Å². The molecular weight excluding hydrogens is 395 g/mol. The number of fused-ring (bicyclic) bond motifs is 3. The van der Waals surface area contributed by atoms with Gasteiger partial charge in [0.05, 0.1) is 16.6 Å². The molecule has 0 radical (unpaired) electrons. The maximum Gasteiger partial charge on any atom is 0.416 e. The fourth-order valence-corrected chi connectivity index (χ4v) is 3.82. The standard InChI is InChI=1S/C20H18F3N7/c1-13-5-6-16-17(11-13)30-19(25-26-27-30)18(24-16)29-9-7-28(8-10-29)15-4-2-3-14(12-15)20(21,22)23/h2-6,11-12H,7-10H2,1H3. The maximum atomic E-state index is 13.0. The summed E-state index contributed by atoms with van der Waals surface area (Å²) in [7, 11) is 0. The third kappa shape index (κ3) is 3.17. The number of nitrogens with zero attached hydrogens (tertiary/aromatic N) is 7. The number of anilines is 2. The van der Waals surface area contributed by atoms with Gasteiger partial charge in [0, 0.05) is 31.9 Å². The minimum atomic E-state index is -4.35. The second-order valence-corrected chi connectivity index (χ2v) is 7.36. The second kappa shape index (κ2) is 6.82. The molecule has 0 amide bonds. The number of hydrogen-bond donors (Lipinski definition) is 0. The third-order valence-electron chi connectivity index (χ3n) is 5.37. The van der Waals surface area contributed by atoms with Crippen LogP contribution in [0.25, 0.3) is 16.7 Å². The predicted molar refractivity (Wildman–Crippen MR) is 107 cm³/mol. The Kier molecular flexibility index (Phi) is 4.23. The Balaban J connectivity index is 1.43. The van der Waals surface area contributed by atoms with Crippen LogP contribution in [0, 0.1) is 6.92 Å². The molecule has 1 fully saturated rings. The summed E-state index contributed by atoms with van der Waals surface area (Å²) in [6, 6.07) is 11.4. The van der Waals surface area contributed by atoms with E-state index in [1.807, 2.05) is 30.0 Å². The van der Waals surface area contributed by atoms with E-state index in [1.54, 1.807) is 10.6 Å². The number of tetrazole rings is 1. The summed E-state index contributed by atoms with van der Waals surface area (Å²) in [5, 5.41) is 12.1. The first-order chi connectivity index (χ1) is 14.4. The van der Waals surface area contributed by atoms with Gasteiger partial charge in [-0.25, -0.2) is 4.98 Å². The lowest BCUT2D eigenvalue weighted by molar-refractivity contribution is -0.137. The number of hydrogen-bond acceptors (Lipinski definition) is 6. The van der Waals surface area contributed by atoms with Crippen LogP contribution in [-0.4, -0.2) is 51.2 Å². The Morgan fingerprint density at radius 1 is 0.933 bits per heavy atom. The number of rotatable bonds is 2. The molecule has 0 bridgehead atoms. The Bertz CT molecular complexity index is 1230. The highest BCUT2D eigenvalue weighted by molar-refractivity contribution is 5.83. The lowest BCUT2D eigenvalue weighted by Crippen LogP contribution is -2.47. The maximum absolute atomic E-state index is 13.0. The molecule has 154 valence electrons. The number of aromatic nitrogens is 5. The molecule has 0 N–H and O–H groups in total. The van der Waals surface area contributed by atoms with Crippen molar-refractivity contribution >= 4 is 28.2 Å². The molecule has 3 heterocycles. The van der Waals surface area contributed by atoms with Gasteiger partial charge in [0.15, 0.2) is 5.82 Å². The Morgan fingerprint density at radius 3 is 2.47 bits per heavy atom. The van der Waals surface area contributed by atoms with Crippen molar-refractivity contribution in [3.8, 4) is 0 Å². The summed E-state index contributed by atoms with van der Waals surface area (Å²) in [4.78, 5) is 8.81. The van der Waals surface area contributed by atoms with E-state index in [1.165, 1.54) is 12.1 Å². The van der Waals surface area contributed by atoms with Gasteiger partial charge >= 0.3 is 6.18 Å². The smallest absolute Gasteiger partial charge is 0.368 e. The van der Waals surface area contributed by atoms with E-state index in [2.05, 4.69) is 20.4 Å². The molecule has 0 unspecified atom stereocenters. The summed E-state index contributed by atoms with van der Waals surface area (Å²) >= 11 is 0. The van der Waals surface area contributed by atoms with Crippen LogP contribution < -0.4 is 9.80 Å². The highest BCUT2D eigenvalue weighted by Crippen LogP contribution is 2.32. The van der Waals surface area contributed by atoms with Crippen LogP contribution in [0.3, 0.4) is 0 Å². The molecule has 0 saturated carbocycles. The van der Waals surface area contributed by atoms with Crippen molar-refractivity contribution in [3.63, 3.8) is 0 Å². The fraction of sp³-hybridized carbons (Fsp3) is 0.300. The molecule has 30 heavy (non-hydrogen) atoms. The Labute approximate surface area is 169 Å². The molecular formula is C20H18F3N7. The van der Waals surface area contributed by atoms with Crippen LogP contribution in [0.2, 0.25) is 0 Å². The molecule has 7 nitrogen and oxygen atoms in total. The summed E-state index contributed by atoms with van der Waals surface area (Å²) in [6.45, 7) is 4.34. The fourth-order valence-electron chi connectivity index (χ4n) is 3.82. The summed E-state index contributed by atoms with van der Waals surface area (Å²) in [5.74, 6) is 0.681. The predicted octanol–water partition coefficient (Wildman–Crippen LogP) is 3.33. The molecule has 1 aliphatic rings. The van der Waals surface area contributed by atoms with Crippen molar-refractivity contribution in [2.24, 2.45) is 0 Å². The van der Waals surface area contributed by atoms with E-state index in [4.69, 9.17) is 4.98 Å². The van der Waals surface area contributed by atoms with Crippen molar-refractivity contribution in [2.75, 3.05) is 36.0 Å². The van der Waals surface area contributed by atoms with E-state index < -0.39 is 11.7 Å². The van der Waals surface area contributed by atoms with Gasteiger partial charge < -0.3 is 9.80 Å². The second-order valence-electron chi connectivity index (χ2n) is 7.36. The van der Waals surface area contributed by atoms with E-state index in [0.29, 0.717) is 43.3 Å². The minimum Gasteiger partial charge on any atom is -0.368 e. The number of halogens is 3. The minimum absolute atomic E-state index is 0.570. The van der Waals surface area contributed by atoms with Crippen molar-refractivity contribution in [2.45, 2.75) is 13.1 Å². The average molecular weight is 413 g/mol. The van der Waals surface area contributed by atoms with Crippen LogP contribution >= 0.6 is 0 Å². The van der Waals surface area contributed by atoms with Crippen LogP contribution in [0.15, 0.2) is 42.5 Å². The first-order valence-corrected chi connectivity index (χ1v) is 9.56. The lowest BCUT2D eigenvalue weighted by Gasteiger charge is -2.36. The van der Waals surface area contributed by atoms with Crippen molar-refractivity contribution in [3.05, 3.63) is 53.6 Å². The van der Waals surface area contributed by atoms with Crippen molar-refractivity contribution < 1.29 is 13.2 Å². The van der Waals surface area contributed by atoms with E-state index in [9.17, 15) is 13.2 Å². The summed E-state index contributed by atoms with van der Waals surface area (Å²) < 4.78 is 40.8. The Morgan fingerprint density at radius 2 is 1.70 bits per heavy atom. The van der Waals surface area contributed by atoms with Crippen molar-refractivity contribution in [1.82, 2.24) is 25.0 Å². The van der Waals surface area contributed by atoms with E-state index >= 15 is 0 Å². The number of aryl methyl sites for hydroxylation is 1. The van der Waals surface area contributed by atoms with Gasteiger partial charge in [0.2, 0.25) is 5.65 Å². The molecule has 0 atom stereocenters. The molecule has 0 aliphatic carbocycles. The first-order valence-electron chi connectivity index (χ1n) is 9.56. The van der Waals surface area contributed by atoms with Crippen LogP contribution in [-0.2, 0) is 6.18 Å². The molecule has 4 aromatic rings. The Hall–Kier alpha value is -3.43. The van der Waals surface area contributed by atoms with E-state index in [-0.39, 0.29) is 0 Å². The average Bonchev–Trinajstić information content (AvgIpc) is 3.23. The topological polar surface area (TPSA) is 62.5 Å². The van der Waals surface area contributed by atoms with Gasteiger partial charge in [-0.15, -0.1) is 5.10 Å². The quantitative estimate of drug-likeness (QED) is 0.502. The highest BCUT2D eigenvalue weighted by atomic mass is 19.4. The van der Waals surface area contributed by atoms with E-state index in [0.717, 1.165) is 22.7 Å². The van der Waals surface area contributed by atoms with Gasteiger partial charge in [-0.2, -0.15) is 17.7 Å². The number of benzene rings is 2. The number of piperazine rings is 1. The zero-order valence-electron chi connectivity index (χ0n) is 16.1. The molecule has 5 rings (SSSR count). The lowest BCUT2D eigenvalue weighted by atomic mass is 10.1. The molecule has 1 saturated heterocycles. The summed E-state index contributed by atoms with van der Waals surface area (Å²) in [6.07, 6.45) is -4.35. The van der Waals surface area contributed by atoms with Gasteiger partial charge in [-0.05, 0) is 53.2 Å². The largest absolute Gasteiger partial charge is 0.416 e. The molecule has 10 heteroatoms. The third-order valence-corrected chi connectivity index (χ3v) is 5.37. The van der Waals surface area contributed by atoms with Crippen LogP contribution in [0.1, 0.15) is 11.1 Å². The van der Waals surface area contributed by atoms with Crippen LogP contribution in [0.4, 0.5) is 24.7 Å². The van der Waals surface area contributed by atoms with Gasteiger partial charge in [-0.1, -0.05) is 12.1 Å². The van der Waals surface area contributed by atoms with Crippen LogP contribution in [0.5, 0.6) is 0 Å². The van der Waals surface area contributed by atoms with Crippen molar-refractivity contribution in [1.29, 1.82) is 0 Å². The normalized spacial score (nSPS) is 15.3. The number of alkyl halides is 3. The summed E-state index contributed by atoms with van der Waals surface area (Å²) in [5.41, 5.74) is 3.21. The SMILES string of the molecule is Cc1ccc2nc(N3CCN(c4cccc(C(F)(F)F)c4)CC3)c3nnnn3c2c1. The molecule has 0 spiro atoms. The molecule has 2 aromatic heterocycles. The highest BCUT2D eigenvalue weighted by Gasteiger charge is 2.31. The zero-order valence-corrected chi connectivity index (χ0v) is 16.1. The van der Waals surface area contributed by atoms with Gasteiger partial charge in [-0.3, -0.25) is 0 Å². The molecule has 2 aromatic carbocycles. The molecule has 1 aliphatic heterocycles.